The van der Waals surface area contributed by atoms with E-state index >= 15 is 0 Å². The molecule has 98 valence electrons. The van der Waals surface area contributed by atoms with Crippen LogP contribution in [0.4, 0.5) is 0 Å². The zero-order chi connectivity index (χ0) is 13.0. The fourth-order valence-electron chi connectivity index (χ4n) is 3.06. The molecule has 4 nitrogen and oxygen atoms in total. The molecule has 1 fully saturated rings. The van der Waals surface area contributed by atoms with Crippen molar-refractivity contribution in [1.29, 1.82) is 5.26 Å². The first kappa shape index (κ1) is 13.3. The molecule has 1 aliphatic carbocycles. The summed E-state index contributed by atoms with van der Waals surface area (Å²) in [7, 11) is 0. The number of allylic oxidation sites excluding steroid dienone is 2. The third-order valence-corrected chi connectivity index (χ3v) is 4.14. The number of nitrogens with zero attached hydrogens (tertiary/aromatic N) is 2. The zero-order valence-corrected chi connectivity index (χ0v) is 10.9. The van der Waals surface area contributed by atoms with Crippen LogP contribution in [0.5, 0.6) is 0 Å². The van der Waals surface area contributed by atoms with Crippen molar-refractivity contribution in [1.82, 2.24) is 10.2 Å². The van der Waals surface area contributed by atoms with Crippen molar-refractivity contribution < 1.29 is 5.11 Å². The smallest absolute Gasteiger partial charge is 0.0950 e. The lowest BCUT2D eigenvalue weighted by molar-refractivity contribution is 0.0763. The summed E-state index contributed by atoms with van der Waals surface area (Å²) in [4.78, 5) is 2.42. The molecule has 0 aromatic heterocycles. The Labute approximate surface area is 109 Å². The molecule has 18 heavy (non-hydrogen) atoms. The first-order chi connectivity index (χ1) is 8.72. The molecule has 0 bridgehead atoms. The molecule has 2 N–H and O–H groups in total. The van der Waals surface area contributed by atoms with Gasteiger partial charge in [0.25, 0.3) is 0 Å². The number of aliphatic hydroxyl groups excluding tert-OH is 1. The number of hydrogen-bond acceptors (Lipinski definition) is 4. The second-order valence-corrected chi connectivity index (χ2v) is 5.12. The molecule has 0 spiro atoms. The van der Waals surface area contributed by atoms with E-state index in [9.17, 15) is 10.4 Å². The highest BCUT2D eigenvalue weighted by Gasteiger charge is 2.40. The first-order valence-corrected chi connectivity index (χ1v) is 6.58. The molecule has 1 saturated heterocycles. The Morgan fingerprint density at radius 3 is 2.89 bits per heavy atom. The predicted octanol–water partition coefficient (Wildman–Crippen LogP) is 0.669. The molecule has 0 amide bonds. The lowest BCUT2D eigenvalue weighted by Gasteiger charge is -2.47. The maximum absolute atomic E-state index is 9.27. The van der Waals surface area contributed by atoms with Gasteiger partial charge in [-0.25, -0.2) is 0 Å². The van der Waals surface area contributed by atoms with Crippen molar-refractivity contribution in [3.8, 4) is 6.07 Å². The summed E-state index contributed by atoms with van der Waals surface area (Å²) in [6.07, 6.45) is 6.68. The van der Waals surface area contributed by atoms with Gasteiger partial charge in [0.1, 0.15) is 0 Å². The van der Waals surface area contributed by atoms with E-state index in [0.717, 1.165) is 31.8 Å². The molecule has 2 atom stereocenters. The molecule has 0 aromatic rings. The Kier molecular flexibility index (Phi) is 4.18. The Bertz CT molecular complexity index is 390. The third kappa shape index (κ3) is 2.35. The minimum Gasteiger partial charge on any atom is -0.396 e. The molecular weight excluding hydrogens is 226 g/mol. The molecule has 0 aromatic carbocycles. The third-order valence-electron chi connectivity index (χ3n) is 4.14. The Morgan fingerprint density at radius 2 is 2.28 bits per heavy atom. The average Bonchev–Trinajstić information content (AvgIpc) is 2.42. The summed E-state index contributed by atoms with van der Waals surface area (Å²) in [5.41, 5.74) is 0.637. The monoisotopic (exact) mass is 247 g/mol. The molecule has 2 unspecified atom stereocenters. The number of nitrogens with one attached hydrogen (secondary N) is 1. The van der Waals surface area contributed by atoms with Gasteiger partial charge in [-0.1, -0.05) is 12.2 Å². The van der Waals surface area contributed by atoms with Crippen LogP contribution in [0, 0.1) is 17.2 Å². The fourth-order valence-corrected chi connectivity index (χ4v) is 3.06. The topological polar surface area (TPSA) is 59.3 Å². The van der Waals surface area contributed by atoms with Gasteiger partial charge in [0, 0.05) is 49.8 Å². The Balaban J connectivity index is 2.25. The van der Waals surface area contributed by atoms with E-state index in [2.05, 4.69) is 29.3 Å². The fraction of sp³-hybridized carbons (Fsp3) is 0.643. The summed E-state index contributed by atoms with van der Waals surface area (Å²) < 4.78 is 0. The van der Waals surface area contributed by atoms with Gasteiger partial charge in [0.2, 0.25) is 0 Å². The molecule has 0 radical (unpaired) electrons. The maximum Gasteiger partial charge on any atom is 0.0950 e. The highest BCUT2D eigenvalue weighted by Crippen LogP contribution is 2.37. The summed E-state index contributed by atoms with van der Waals surface area (Å²) in [5.74, 6) is 0.0931. The van der Waals surface area contributed by atoms with Crippen molar-refractivity contribution in [2.75, 3.05) is 32.8 Å². The summed E-state index contributed by atoms with van der Waals surface area (Å²) in [6, 6.07) is 2.29. The van der Waals surface area contributed by atoms with Gasteiger partial charge < -0.3 is 10.4 Å². The van der Waals surface area contributed by atoms with Gasteiger partial charge in [-0.05, 0) is 19.4 Å². The van der Waals surface area contributed by atoms with E-state index < -0.39 is 0 Å². The van der Waals surface area contributed by atoms with E-state index in [1.165, 1.54) is 0 Å². The standard InChI is InChI=1S/C14H21N3O/c1-14(17-8-6-16-7-9-17)5-2-3-12(11-15)13(14)4-10-18/h2-3,5,13,16,18H,4,6-10H2,1H3. The summed E-state index contributed by atoms with van der Waals surface area (Å²) in [6.45, 7) is 6.25. The lowest BCUT2D eigenvalue weighted by Crippen LogP contribution is -2.58. The molecular formula is C14H21N3O. The van der Waals surface area contributed by atoms with Crippen molar-refractivity contribution >= 4 is 0 Å². The highest BCUT2D eigenvalue weighted by atomic mass is 16.3. The van der Waals surface area contributed by atoms with Crippen LogP contribution in [0.3, 0.4) is 0 Å². The van der Waals surface area contributed by atoms with Gasteiger partial charge in [-0.2, -0.15) is 5.26 Å². The quantitative estimate of drug-likeness (QED) is 0.769. The summed E-state index contributed by atoms with van der Waals surface area (Å²) >= 11 is 0. The largest absolute Gasteiger partial charge is 0.396 e. The van der Waals surface area contributed by atoms with Gasteiger partial charge in [-0.15, -0.1) is 0 Å². The van der Waals surface area contributed by atoms with E-state index in [4.69, 9.17) is 0 Å². The van der Waals surface area contributed by atoms with Crippen LogP contribution in [-0.4, -0.2) is 48.3 Å². The van der Waals surface area contributed by atoms with Gasteiger partial charge in [-0.3, -0.25) is 4.90 Å². The second-order valence-electron chi connectivity index (χ2n) is 5.12. The van der Waals surface area contributed by atoms with Crippen LogP contribution in [0.25, 0.3) is 0 Å². The number of nitriles is 1. The number of piperazine rings is 1. The highest BCUT2D eigenvalue weighted by molar-refractivity contribution is 5.38. The minimum absolute atomic E-state index is 0.0931. The predicted molar refractivity (Wildman–Crippen MR) is 70.9 cm³/mol. The lowest BCUT2D eigenvalue weighted by atomic mass is 9.74. The van der Waals surface area contributed by atoms with Crippen LogP contribution in [0.1, 0.15) is 13.3 Å². The molecule has 4 heteroatoms. The number of rotatable bonds is 3. The Hall–Kier alpha value is -1.15. The molecule has 1 heterocycles. The van der Waals surface area contributed by atoms with E-state index in [1.807, 2.05) is 12.2 Å². The maximum atomic E-state index is 9.27. The molecule has 1 aliphatic heterocycles. The normalized spacial score (nSPS) is 32.9. The van der Waals surface area contributed by atoms with Crippen LogP contribution < -0.4 is 5.32 Å². The van der Waals surface area contributed by atoms with E-state index in [0.29, 0.717) is 6.42 Å². The van der Waals surface area contributed by atoms with Gasteiger partial charge >= 0.3 is 0 Å². The molecule has 2 aliphatic rings. The van der Waals surface area contributed by atoms with Crippen molar-refractivity contribution in [2.45, 2.75) is 18.9 Å². The summed E-state index contributed by atoms with van der Waals surface area (Å²) in [5, 5.41) is 21.9. The van der Waals surface area contributed by atoms with Crippen molar-refractivity contribution in [2.24, 2.45) is 5.92 Å². The molecule has 0 saturated carbocycles. The molecule has 2 rings (SSSR count). The van der Waals surface area contributed by atoms with Crippen molar-refractivity contribution in [3.05, 3.63) is 23.8 Å². The second kappa shape index (κ2) is 5.66. The van der Waals surface area contributed by atoms with Crippen LogP contribution in [-0.2, 0) is 0 Å². The van der Waals surface area contributed by atoms with Gasteiger partial charge in [0.05, 0.1) is 6.07 Å². The van der Waals surface area contributed by atoms with Crippen LogP contribution in [0.2, 0.25) is 0 Å². The van der Waals surface area contributed by atoms with E-state index in [1.54, 1.807) is 0 Å². The zero-order valence-electron chi connectivity index (χ0n) is 10.9. The Morgan fingerprint density at radius 1 is 1.56 bits per heavy atom. The van der Waals surface area contributed by atoms with Gasteiger partial charge in [0.15, 0.2) is 0 Å². The SMILES string of the molecule is CC1(N2CCNCC2)C=CC=C(C#N)C1CCO. The van der Waals surface area contributed by atoms with E-state index in [-0.39, 0.29) is 18.1 Å². The van der Waals surface area contributed by atoms with Crippen molar-refractivity contribution in [3.63, 3.8) is 0 Å². The van der Waals surface area contributed by atoms with Crippen LogP contribution >= 0.6 is 0 Å². The average molecular weight is 247 g/mol. The van der Waals surface area contributed by atoms with Crippen LogP contribution in [0.15, 0.2) is 23.8 Å². The minimum atomic E-state index is -0.148. The number of aliphatic hydroxyl groups is 1. The first-order valence-electron chi connectivity index (χ1n) is 6.58. The number of hydrogen-bond donors (Lipinski definition) is 2.